The molecule has 20 heavy (non-hydrogen) atoms. The summed E-state index contributed by atoms with van der Waals surface area (Å²) in [6, 6.07) is 7.63. The summed E-state index contributed by atoms with van der Waals surface area (Å²) in [5.41, 5.74) is 7.72. The first kappa shape index (κ1) is 12.2. The topological polar surface area (TPSA) is 102 Å². The zero-order chi connectivity index (χ0) is 13.9. The zero-order valence-electron chi connectivity index (χ0n) is 10.9. The van der Waals surface area contributed by atoms with Gasteiger partial charge in [0.1, 0.15) is 11.3 Å². The van der Waals surface area contributed by atoms with Crippen molar-refractivity contribution in [2.24, 2.45) is 0 Å². The molecule has 2 aromatic heterocycles. The van der Waals surface area contributed by atoms with Crippen molar-refractivity contribution in [3.63, 3.8) is 0 Å². The van der Waals surface area contributed by atoms with Gasteiger partial charge in [-0.25, -0.2) is 4.98 Å². The van der Waals surface area contributed by atoms with Gasteiger partial charge in [0.15, 0.2) is 11.5 Å². The van der Waals surface area contributed by atoms with E-state index in [1.807, 2.05) is 31.2 Å². The van der Waals surface area contributed by atoms with Crippen LogP contribution in [0.4, 0.5) is 17.5 Å². The van der Waals surface area contributed by atoms with E-state index < -0.39 is 0 Å². The van der Waals surface area contributed by atoms with E-state index in [1.54, 1.807) is 6.33 Å². The maximum Gasteiger partial charge on any atom is 0.224 e. The zero-order valence-corrected chi connectivity index (χ0v) is 10.9. The second kappa shape index (κ2) is 5.04. The van der Waals surface area contributed by atoms with Crippen molar-refractivity contribution in [1.82, 2.24) is 19.9 Å². The number of fused-ring (bicyclic) bond motifs is 1. The summed E-state index contributed by atoms with van der Waals surface area (Å²) >= 11 is 0. The minimum absolute atomic E-state index is 0.168. The van der Waals surface area contributed by atoms with Crippen molar-refractivity contribution in [2.45, 2.75) is 6.92 Å². The number of rotatable bonds is 4. The molecule has 2 heterocycles. The molecule has 1 aromatic carbocycles. The number of benzene rings is 1. The molecule has 0 fully saturated rings. The molecular formula is C13H14N6O. The number of hydrogen-bond donors (Lipinski definition) is 3. The maximum atomic E-state index is 5.69. The van der Waals surface area contributed by atoms with Crippen LogP contribution in [0.15, 0.2) is 30.6 Å². The Morgan fingerprint density at radius 2 is 2.15 bits per heavy atom. The molecule has 0 spiro atoms. The van der Waals surface area contributed by atoms with Crippen molar-refractivity contribution in [3.05, 3.63) is 30.6 Å². The molecule has 4 N–H and O–H groups in total. The number of imidazole rings is 1. The van der Waals surface area contributed by atoms with Gasteiger partial charge in [-0.1, -0.05) is 12.1 Å². The van der Waals surface area contributed by atoms with Crippen LogP contribution >= 0.6 is 0 Å². The van der Waals surface area contributed by atoms with E-state index in [0.29, 0.717) is 23.6 Å². The van der Waals surface area contributed by atoms with Crippen LogP contribution in [0.3, 0.4) is 0 Å². The number of anilines is 3. The summed E-state index contributed by atoms with van der Waals surface area (Å²) in [5.74, 6) is 1.48. The van der Waals surface area contributed by atoms with Crippen LogP contribution in [0.25, 0.3) is 11.2 Å². The van der Waals surface area contributed by atoms with E-state index in [1.165, 1.54) is 0 Å². The van der Waals surface area contributed by atoms with Crippen LogP contribution in [0, 0.1) is 0 Å². The molecule has 0 aliphatic carbocycles. The van der Waals surface area contributed by atoms with Crippen LogP contribution in [0.2, 0.25) is 0 Å². The molecule has 0 atom stereocenters. The van der Waals surface area contributed by atoms with Crippen LogP contribution in [0.1, 0.15) is 6.92 Å². The summed E-state index contributed by atoms with van der Waals surface area (Å²) in [7, 11) is 0. The van der Waals surface area contributed by atoms with E-state index in [9.17, 15) is 0 Å². The van der Waals surface area contributed by atoms with E-state index >= 15 is 0 Å². The Bertz CT molecular complexity index is 739. The maximum absolute atomic E-state index is 5.69. The monoisotopic (exact) mass is 270 g/mol. The fourth-order valence-corrected chi connectivity index (χ4v) is 1.92. The minimum Gasteiger partial charge on any atom is -0.492 e. The lowest BCUT2D eigenvalue weighted by atomic mass is 10.3. The summed E-state index contributed by atoms with van der Waals surface area (Å²) in [4.78, 5) is 15.3. The molecule has 0 saturated heterocycles. The van der Waals surface area contributed by atoms with Crippen LogP contribution < -0.4 is 15.8 Å². The lowest BCUT2D eigenvalue weighted by molar-refractivity contribution is 0.342. The largest absolute Gasteiger partial charge is 0.492 e. The van der Waals surface area contributed by atoms with Crippen molar-refractivity contribution >= 4 is 28.6 Å². The second-order valence-corrected chi connectivity index (χ2v) is 4.09. The first-order valence-electron chi connectivity index (χ1n) is 6.23. The van der Waals surface area contributed by atoms with Gasteiger partial charge in [-0.05, 0) is 19.1 Å². The molecule has 102 valence electrons. The molecule has 0 saturated carbocycles. The van der Waals surface area contributed by atoms with Crippen LogP contribution in [-0.4, -0.2) is 26.5 Å². The van der Waals surface area contributed by atoms with Crippen molar-refractivity contribution < 1.29 is 4.74 Å². The Balaban J connectivity index is 2.03. The molecule has 3 rings (SSSR count). The Hall–Kier alpha value is -2.83. The molecule has 0 bridgehead atoms. The minimum atomic E-state index is 0.168. The first-order chi connectivity index (χ1) is 9.78. The highest BCUT2D eigenvalue weighted by atomic mass is 16.5. The standard InChI is InChI=1S/C13H14N6O/c1-2-20-9-6-4-3-5-8(9)17-12-10-11(16-7-15-10)18-13(14)19-12/h3-7H,2H2,1H3,(H4,14,15,16,17,18,19). The smallest absolute Gasteiger partial charge is 0.224 e. The Labute approximate surface area is 115 Å². The van der Waals surface area contributed by atoms with Crippen LogP contribution in [-0.2, 0) is 0 Å². The second-order valence-electron chi connectivity index (χ2n) is 4.09. The van der Waals surface area contributed by atoms with E-state index in [0.717, 1.165) is 11.4 Å². The Kier molecular flexibility index (Phi) is 3.08. The van der Waals surface area contributed by atoms with Crippen molar-refractivity contribution in [2.75, 3.05) is 17.7 Å². The van der Waals surface area contributed by atoms with Gasteiger partial charge in [-0.3, -0.25) is 0 Å². The fourth-order valence-electron chi connectivity index (χ4n) is 1.92. The number of para-hydroxylation sites is 2. The molecular weight excluding hydrogens is 256 g/mol. The van der Waals surface area contributed by atoms with Gasteiger partial charge in [-0.15, -0.1) is 0 Å². The molecule has 7 heteroatoms. The highest BCUT2D eigenvalue weighted by Gasteiger charge is 2.10. The number of nitrogens with two attached hydrogens (primary N) is 1. The predicted molar refractivity (Wildman–Crippen MR) is 77.0 cm³/mol. The summed E-state index contributed by atoms with van der Waals surface area (Å²) in [6.45, 7) is 2.52. The number of hydrogen-bond acceptors (Lipinski definition) is 6. The van der Waals surface area contributed by atoms with Crippen LogP contribution in [0.5, 0.6) is 5.75 Å². The van der Waals surface area contributed by atoms with Gasteiger partial charge < -0.3 is 20.8 Å². The average Bonchev–Trinajstić information content (AvgIpc) is 2.89. The number of nitrogens with zero attached hydrogens (tertiary/aromatic N) is 3. The van der Waals surface area contributed by atoms with Gasteiger partial charge in [-0.2, -0.15) is 9.97 Å². The lowest BCUT2D eigenvalue weighted by Gasteiger charge is -2.12. The third-order valence-corrected chi connectivity index (χ3v) is 2.74. The molecule has 0 unspecified atom stereocenters. The SMILES string of the molecule is CCOc1ccccc1Nc1nc(N)nc2nc[nH]c12. The highest BCUT2D eigenvalue weighted by molar-refractivity contribution is 5.86. The molecule has 7 nitrogen and oxygen atoms in total. The molecule has 3 aromatic rings. The number of nitrogens with one attached hydrogen (secondary N) is 2. The normalized spacial score (nSPS) is 10.7. The lowest BCUT2D eigenvalue weighted by Crippen LogP contribution is -2.03. The first-order valence-corrected chi connectivity index (χ1v) is 6.23. The fraction of sp³-hybridized carbons (Fsp3) is 0.154. The predicted octanol–water partition coefficient (Wildman–Crippen LogP) is 2.08. The third kappa shape index (κ3) is 2.20. The summed E-state index contributed by atoms with van der Waals surface area (Å²) in [5, 5.41) is 3.20. The van der Waals surface area contributed by atoms with Gasteiger partial charge in [0.05, 0.1) is 18.6 Å². The molecule has 0 aliphatic heterocycles. The van der Waals surface area contributed by atoms with Gasteiger partial charge in [0.25, 0.3) is 0 Å². The Morgan fingerprint density at radius 3 is 3.00 bits per heavy atom. The van der Waals surface area contributed by atoms with E-state index in [2.05, 4.69) is 25.3 Å². The quantitative estimate of drug-likeness (QED) is 0.671. The average molecular weight is 270 g/mol. The van der Waals surface area contributed by atoms with Crippen molar-refractivity contribution in [1.29, 1.82) is 0 Å². The number of aromatic amines is 1. The summed E-state index contributed by atoms with van der Waals surface area (Å²) < 4.78 is 5.57. The molecule has 0 aliphatic rings. The Morgan fingerprint density at radius 1 is 1.30 bits per heavy atom. The highest BCUT2D eigenvalue weighted by Crippen LogP contribution is 2.29. The number of ether oxygens (including phenoxy) is 1. The van der Waals surface area contributed by atoms with Crippen molar-refractivity contribution in [3.8, 4) is 5.75 Å². The van der Waals surface area contributed by atoms with E-state index in [-0.39, 0.29) is 5.95 Å². The third-order valence-electron chi connectivity index (χ3n) is 2.74. The van der Waals surface area contributed by atoms with Gasteiger partial charge >= 0.3 is 0 Å². The molecule has 0 amide bonds. The van der Waals surface area contributed by atoms with Gasteiger partial charge in [0.2, 0.25) is 5.95 Å². The van der Waals surface area contributed by atoms with Gasteiger partial charge in [0, 0.05) is 0 Å². The number of nitrogen functional groups attached to an aromatic ring is 1. The number of H-pyrrole nitrogens is 1. The number of aromatic nitrogens is 4. The summed E-state index contributed by atoms with van der Waals surface area (Å²) in [6.07, 6.45) is 1.55. The molecule has 0 radical (unpaired) electrons. The van der Waals surface area contributed by atoms with E-state index in [4.69, 9.17) is 10.5 Å².